The van der Waals surface area contributed by atoms with Crippen LogP contribution in [-0.2, 0) is 21.4 Å². The summed E-state index contributed by atoms with van der Waals surface area (Å²) in [5.74, 6) is 1.14. The van der Waals surface area contributed by atoms with Crippen LogP contribution in [0.4, 0.5) is 5.13 Å². The number of furan rings is 1. The average molecular weight is 598 g/mol. The van der Waals surface area contributed by atoms with Crippen LogP contribution in [0.2, 0.25) is 0 Å². The molecule has 7 aromatic rings. The molecule has 1 aliphatic rings. The smallest absolute Gasteiger partial charge is 0.210 e. The third kappa shape index (κ3) is 3.04. The zero-order chi connectivity index (χ0) is 27.3. The molecule has 41 heavy (non-hydrogen) atoms. The minimum Gasteiger partial charge on any atom is -0.468 e. The van der Waals surface area contributed by atoms with E-state index in [1.807, 2.05) is 63.7 Å². The van der Waals surface area contributed by atoms with Gasteiger partial charge in [-0.25, -0.2) is 19.9 Å². The second-order valence-corrected chi connectivity index (χ2v) is 11.7. The monoisotopic (exact) mass is 597 g/mol. The molecule has 1 aliphatic heterocycles. The van der Waals surface area contributed by atoms with Crippen molar-refractivity contribution in [1.29, 1.82) is 0 Å². The molecule has 3 atom stereocenters. The minimum atomic E-state index is -1.45. The predicted octanol–water partition coefficient (Wildman–Crippen LogP) is 5.12. The molecular formula is C27H19N9O2S3. The van der Waals surface area contributed by atoms with Crippen molar-refractivity contribution in [3.8, 4) is 0 Å². The maximum Gasteiger partial charge on any atom is 0.210 e. The van der Waals surface area contributed by atoms with Crippen LogP contribution in [0, 0.1) is 0 Å². The number of aromatic amines is 2. The third-order valence-corrected chi connectivity index (χ3v) is 9.71. The average Bonchev–Trinajstić information content (AvgIpc) is 3.86. The van der Waals surface area contributed by atoms with Gasteiger partial charge in [0.1, 0.15) is 17.3 Å². The van der Waals surface area contributed by atoms with Gasteiger partial charge in [0.25, 0.3) is 0 Å². The number of pyridine rings is 1. The van der Waals surface area contributed by atoms with Gasteiger partial charge in [0, 0.05) is 40.4 Å². The number of hydrogen-bond donors (Lipinski definition) is 2. The molecule has 3 unspecified atom stereocenters. The minimum absolute atomic E-state index is 0.537. The first-order valence-corrected chi connectivity index (χ1v) is 15.1. The Kier molecular flexibility index (Phi) is 5.50. The number of imidazole rings is 1. The summed E-state index contributed by atoms with van der Waals surface area (Å²) >= 11 is 4.33. The summed E-state index contributed by atoms with van der Waals surface area (Å²) in [6.45, 7) is 0. The Morgan fingerprint density at radius 2 is 1.83 bits per heavy atom. The zero-order valence-corrected chi connectivity index (χ0v) is 23.4. The van der Waals surface area contributed by atoms with Gasteiger partial charge in [-0.05, 0) is 53.3 Å². The molecule has 8 heterocycles. The molecule has 7 aromatic heterocycles. The number of hydrogen-bond acceptors (Lipinski definition) is 12. The Balaban J connectivity index is 1.67. The largest absolute Gasteiger partial charge is 0.468 e. The Labute approximate surface area is 244 Å². The maximum atomic E-state index is 7.42. The van der Waals surface area contributed by atoms with Crippen molar-refractivity contribution >= 4 is 39.3 Å². The molecular weight excluding hydrogens is 579 g/mol. The molecule has 0 amide bonds. The second-order valence-electron chi connectivity index (χ2n) is 9.19. The van der Waals surface area contributed by atoms with Crippen LogP contribution in [0.1, 0.15) is 33.5 Å². The van der Waals surface area contributed by atoms with E-state index >= 15 is 0 Å². The molecule has 0 bridgehead atoms. The molecule has 8 rings (SSSR count). The van der Waals surface area contributed by atoms with Crippen molar-refractivity contribution in [3.63, 3.8) is 0 Å². The summed E-state index contributed by atoms with van der Waals surface area (Å²) in [6, 6.07) is 15.5. The van der Waals surface area contributed by atoms with E-state index in [4.69, 9.17) is 33.7 Å². The fraction of sp³-hybridized carbons (Fsp3) is 0.111. The van der Waals surface area contributed by atoms with Crippen molar-refractivity contribution in [2.75, 3.05) is 5.06 Å². The van der Waals surface area contributed by atoms with E-state index < -0.39 is 16.6 Å². The standard InChI is InChI=1S/C27H19N9O2S3/c1-2-9-28-18(5-1)27(19-8-15-41-34-19)25(20-17-32-35-33-20,21-6-3-13-37-21)26(22-7-4-14-39-22,23-29-10-11-30-23)36(38-27)24-31-12-16-40-24/h1-17H,(H,29,30)(H,32,33,35). The van der Waals surface area contributed by atoms with Gasteiger partial charge >= 0.3 is 0 Å². The molecule has 1 saturated heterocycles. The molecule has 0 saturated carbocycles. The molecule has 1 fully saturated rings. The molecule has 0 aromatic carbocycles. The summed E-state index contributed by atoms with van der Waals surface area (Å²) in [4.78, 5) is 26.3. The number of aromatic nitrogens is 8. The van der Waals surface area contributed by atoms with Crippen LogP contribution in [0.3, 0.4) is 0 Å². The summed E-state index contributed by atoms with van der Waals surface area (Å²) in [5.41, 5.74) is -2.35. The van der Waals surface area contributed by atoms with Gasteiger partial charge in [-0.3, -0.25) is 4.98 Å². The molecule has 0 spiro atoms. The number of nitrogens with zero attached hydrogens (tertiary/aromatic N) is 7. The highest BCUT2D eigenvalue weighted by atomic mass is 32.1. The van der Waals surface area contributed by atoms with E-state index in [-0.39, 0.29) is 0 Å². The van der Waals surface area contributed by atoms with Crippen molar-refractivity contribution in [2.45, 2.75) is 16.6 Å². The topological polar surface area (TPSA) is 135 Å². The zero-order valence-electron chi connectivity index (χ0n) is 21.0. The SMILES string of the molecule is c1ccc(C2(c3ccsn3)ON(c3nccs3)C(c3ncc[nH]3)(c3cccs3)C2(c2cn[nH]n2)c2ccco2)nc1. The molecule has 14 heteroatoms. The summed E-state index contributed by atoms with van der Waals surface area (Å²) < 4.78 is 11.4. The predicted molar refractivity (Wildman–Crippen MR) is 152 cm³/mol. The number of rotatable bonds is 7. The Hall–Kier alpha value is -4.50. The Morgan fingerprint density at radius 1 is 0.829 bits per heavy atom. The molecule has 11 nitrogen and oxygen atoms in total. The number of hydroxylamine groups is 1. The fourth-order valence-corrected chi connectivity index (χ4v) is 8.25. The normalized spacial score (nSPS) is 24.2. The number of thiophene rings is 1. The first-order chi connectivity index (χ1) is 20.3. The van der Waals surface area contributed by atoms with E-state index in [1.165, 1.54) is 22.9 Å². The Morgan fingerprint density at radius 3 is 2.49 bits per heavy atom. The van der Waals surface area contributed by atoms with Crippen LogP contribution in [0.15, 0.2) is 106 Å². The van der Waals surface area contributed by atoms with Crippen molar-refractivity contribution < 1.29 is 9.25 Å². The lowest BCUT2D eigenvalue weighted by Gasteiger charge is -2.46. The van der Waals surface area contributed by atoms with Gasteiger partial charge in [0.05, 0.1) is 23.8 Å². The molecule has 0 radical (unpaired) electrons. The van der Waals surface area contributed by atoms with Crippen molar-refractivity contribution in [2.24, 2.45) is 0 Å². The highest BCUT2D eigenvalue weighted by Gasteiger charge is 2.82. The van der Waals surface area contributed by atoms with E-state index in [0.717, 1.165) is 4.88 Å². The first-order valence-electron chi connectivity index (χ1n) is 12.5. The highest BCUT2D eigenvalue weighted by Crippen LogP contribution is 2.70. The first kappa shape index (κ1) is 24.3. The van der Waals surface area contributed by atoms with Crippen LogP contribution in [0.25, 0.3) is 0 Å². The van der Waals surface area contributed by atoms with E-state index in [9.17, 15) is 0 Å². The maximum absolute atomic E-state index is 7.42. The molecule has 202 valence electrons. The van der Waals surface area contributed by atoms with Gasteiger partial charge in [-0.2, -0.15) is 19.8 Å². The van der Waals surface area contributed by atoms with Crippen LogP contribution >= 0.6 is 34.2 Å². The van der Waals surface area contributed by atoms with Crippen LogP contribution in [0.5, 0.6) is 0 Å². The van der Waals surface area contributed by atoms with Gasteiger partial charge in [-0.15, -0.1) is 22.7 Å². The van der Waals surface area contributed by atoms with Crippen molar-refractivity contribution in [3.05, 3.63) is 135 Å². The molecule has 2 N–H and O–H groups in total. The summed E-state index contributed by atoms with van der Waals surface area (Å²) in [7, 11) is 0. The van der Waals surface area contributed by atoms with Gasteiger partial charge < -0.3 is 9.40 Å². The van der Waals surface area contributed by atoms with E-state index in [1.54, 1.807) is 48.6 Å². The van der Waals surface area contributed by atoms with Gasteiger partial charge in [-0.1, -0.05) is 12.1 Å². The number of H-pyrrole nitrogens is 2. The van der Waals surface area contributed by atoms with Gasteiger partial charge in [0.2, 0.25) is 10.7 Å². The second kappa shape index (κ2) is 9.27. The number of anilines is 1. The number of thiazole rings is 1. The fourth-order valence-electron chi connectivity index (χ4n) is 6.09. The summed E-state index contributed by atoms with van der Waals surface area (Å²) in [5, 5.41) is 20.2. The summed E-state index contributed by atoms with van der Waals surface area (Å²) in [6.07, 6.45) is 10.4. The lowest BCUT2D eigenvalue weighted by atomic mass is 9.54. The van der Waals surface area contributed by atoms with E-state index in [2.05, 4.69) is 21.4 Å². The Bertz CT molecular complexity index is 1750. The lowest BCUT2D eigenvalue weighted by molar-refractivity contribution is -0.0197. The quantitative estimate of drug-likeness (QED) is 0.257. The van der Waals surface area contributed by atoms with Crippen molar-refractivity contribution in [1.82, 2.24) is 39.7 Å². The van der Waals surface area contributed by atoms with Gasteiger partial charge in [0.15, 0.2) is 11.0 Å². The van der Waals surface area contributed by atoms with E-state index in [0.29, 0.717) is 33.8 Å². The van der Waals surface area contributed by atoms with Crippen LogP contribution in [-0.4, -0.2) is 39.7 Å². The molecule has 0 aliphatic carbocycles. The lowest BCUT2D eigenvalue weighted by Crippen LogP contribution is -2.61. The highest BCUT2D eigenvalue weighted by molar-refractivity contribution is 7.13. The van der Waals surface area contributed by atoms with Crippen LogP contribution < -0.4 is 5.06 Å². The number of nitrogens with one attached hydrogen (secondary N) is 2. The third-order valence-electron chi connectivity index (χ3n) is 7.43.